The Morgan fingerprint density at radius 3 is 1.17 bits per heavy atom. The maximum atomic E-state index is 5.20. The van der Waals surface area contributed by atoms with Gasteiger partial charge in [0.25, 0.3) is 0 Å². The van der Waals surface area contributed by atoms with Gasteiger partial charge in [-0.15, -0.1) is 0 Å². The number of hydrogen-bond donors (Lipinski definition) is 0. The van der Waals surface area contributed by atoms with Crippen molar-refractivity contribution in [3.8, 4) is 0 Å². The van der Waals surface area contributed by atoms with Crippen molar-refractivity contribution in [1.82, 2.24) is 15.0 Å². The van der Waals surface area contributed by atoms with Crippen LogP contribution in [0.15, 0.2) is 15.5 Å². The van der Waals surface area contributed by atoms with Gasteiger partial charge in [0.15, 0.2) is 0 Å². The van der Waals surface area contributed by atoms with Gasteiger partial charge < -0.3 is 12.5 Å². The number of rotatable bonds is 9. The molecular formula is C9H15N3O3S3. The second kappa shape index (κ2) is 9.82. The normalized spacial score (nSPS) is 10.8. The summed E-state index contributed by atoms with van der Waals surface area (Å²) >= 11 is 3.35. The molecule has 0 atom stereocenters. The summed E-state index contributed by atoms with van der Waals surface area (Å²) in [5.41, 5.74) is 0. The highest BCUT2D eigenvalue weighted by Gasteiger charge is 2.09. The molecule has 0 saturated carbocycles. The predicted molar refractivity (Wildman–Crippen MR) is 72.3 cm³/mol. The molecular weight excluding hydrogens is 294 g/mol. The monoisotopic (exact) mass is 309 g/mol. The fourth-order valence-electron chi connectivity index (χ4n) is 0.767. The van der Waals surface area contributed by atoms with Gasteiger partial charge >= 0.3 is 0 Å². The van der Waals surface area contributed by atoms with E-state index in [-0.39, 0.29) is 0 Å². The van der Waals surface area contributed by atoms with Crippen LogP contribution in [0.1, 0.15) is 20.8 Å². The number of nitrogens with zero attached hydrogens (tertiary/aromatic N) is 3. The number of hydrogen-bond acceptors (Lipinski definition) is 9. The first kappa shape index (κ1) is 16.0. The molecule has 6 nitrogen and oxygen atoms in total. The van der Waals surface area contributed by atoms with Gasteiger partial charge in [0.05, 0.1) is 55.9 Å². The minimum atomic E-state index is 0.497. The molecule has 0 aliphatic rings. The second-order valence-corrected chi connectivity index (χ2v) is 4.96. The molecule has 0 aliphatic carbocycles. The summed E-state index contributed by atoms with van der Waals surface area (Å²) in [6, 6.07) is 0. The second-order valence-electron chi connectivity index (χ2n) is 2.65. The minimum Gasteiger partial charge on any atom is -0.308 e. The van der Waals surface area contributed by atoms with Crippen molar-refractivity contribution in [1.29, 1.82) is 0 Å². The molecule has 1 heterocycles. The Morgan fingerprint density at radius 2 is 0.944 bits per heavy atom. The molecule has 0 amide bonds. The summed E-state index contributed by atoms with van der Waals surface area (Å²) in [5, 5.41) is 1.49. The zero-order chi connectivity index (χ0) is 13.2. The highest BCUT2D eigenvalue weighted by molar-refractivity contribution is 7.95. The zero-order valence-corrected chi connectivity index (χ0v) is 12.9. The molecule has 0 spiro atoms. The van der Waals surface area contributed by atoms with Crippen molar-refractivity contribution in [2.24, 2.45) is 0 Å². The van der Waals surface area contributed by atoms with E-state index in [0.717, 1.165) is 36.1 Å². The molecule has 0 aliphatic heterocycles. The minimum absolute atomic E-state index is 0.497. The average molecular weight is 309 g/mol. The van der Waals surface area contributed by atoms with Crippen LogP contribution < -0.4 is 0 Å². The van der Waals surface area contributed by atoms with Gasteiger partial charge in [0.1, 0.15) is 0 Å². The molecule has 0 saturated heterocycles. The molecule has 0 aromatic carbocycles. The molecule has 9 heteroatoms. The van der Waals surface area contributed by atoms with Crippen molar-refractivity contribution in [2.75, 3.05) is 19.8 Å². The summed E-state index contributed by atoms with van der Waals surface area (Å²) in [5.74, 6) is 0. The van der Waals surface area contributed by atoms with Crippen LogP contribution in [0.2, 0.25) is 0 Å². The van der Waals surface area contributed by atoms with Crippen LogP contribution in [0.4, 0.5) is 0 Å². The van der Waals surface area contributed by atoms with Crippen LogP contribution in [0.3, 0.4) is 0 Å². The zero-order valence-electron chi connectivity index (χ0n) is 10.4. The molecule has 0 unspecified atom stereocenters. The van der Waals surface area contributed by atoms with E-state index < -0.39 is 0 Å². The largest absolute Gasteiger partial charge is 0.308 e. The van der Waals surface area contributed by atoms with E-state index in [2.05, 4.69) is 15.0 Å². The van der Waals surface area contributed by atoms with Gasteiger partial charge in [-0.2, -0.15) is 15.0 Å². The Morgan fingerprint density at radius 1 is 0.667 bits per heavy atom. The van der Waals surface area contributed by atoms with Crippen molar-refractivity contribution >= 4 is 36.1 Å². The first-order valence-electron chi connectivity index (χ1n) is 5.44. The van der Waals surface area contributed by atoms with Gasteiger partial charge in [-0.3, -0.25) is 0 Å². The maximum Gasteiger partial charge on any atom is 0.220 e. The molecule has 0 fully saturated rings. The van der Waals surface area contributed by atoms with E-state index in [4.69, 9.17) is 12.5 Å². The average Bonchev–Trinajstić information content (AvgIpc) is 2.40. The predicted octanol–water partition coefficient (Wildman–Crippen LogP) is 3.00. The maximum absolute atomic E-state index is 5.20. The van der Waals surface area contributed by atoms with Crippen molar-refractivity contribution in [3.63, 3.8) is 0 Å². The van der Waals surface area contributed by atoms with Crippen LogP contribution >= 0.6 is 36.1 Å². The van der Waals surface area contributed by atoms with Gasteiger partial charge in [-0.1, -0.05) is 0 Å². The lowest BCUT2D eigenvalue weighted by Gasteiger charge is -2.04. The third-order valence-electron chi connectivity index (χ3n) is 1.33. The Hall–Kier alpha value is -0.0600. The van der Waals surface area contributed by atoms with Gasteiger partial charge in [-0.05, 0) is 20.8 Å². The highest BCUT2D eigenvalue weighted by Crippen LogP contribution is 2.23. The highest BCUT2D eigenvalue weighted by atomic mass is 32.2. The van der Waals surface area contributed by atoms with Crippen LogP contribution in [-0.4, -0.2) is 34.8 Å². The molecule has 1 aromatic rings. The first-order chi connectivity index (χ1) is 8.80. The van der Waals surface area contributed by atoms with Crippen molar-refractivity contribution in [3.05, 3.63) is 0 Å². The quantitative estimate of drug-likeness (QED) is 0.640. The van der Waals surface area contributed by atoms with E-state index in [1.165, 1.54) is 0 Å². The van der Waals surface area contributed by atoms with Crippen molar-refractivity contribution < 1.29 is 12.5 Å². The third kappa shape index (κ3) is 6.21. The Labute approximate surface area is 120 Å². The van der Waals surface area contributed by atoms with Crippen molar-refractivity contribution in [2.45, 2.75) is 36.2 Å². The van der Waals surface area contributed by atoms with Gasteiger partial charge in [0, 0.05) is 0 Å². The number of aromatic nitrogens is 3. The lowest BCUT2D eigenvalue weighted by molar-refractivity contribution is 0.390. The summed E-state index contributed by atoms with van der Waals surface area (Å²) in [6.45, 7) is 7.45. The molecule has 18 heavy (non-hydrogen) atoms. The Bertz CT molecular complexity index is 292. The van der Waals surface area contributed by atoms with E-state index in [0.29, 0.717) is 35.3 Å². The first-order valence-corrected chi connectivity index (χ1v) is 7.67. The molecule has 1 rings (SSSR count). The Kier molecular flexibility index (Phi) is 8.72. The molecule has 102 valence electrons. The third-order valence-corrected chi connectivity index (χ3v) is 3.38. The van der Waals surface area contributed by atoms with Crippen LogP contribution in [0, 0.1) is 0 Å². The fraction of sp³-hybridized carbons (Fsp3) is 0.667. The standard InChI is InChI=1S/C9H15N3O3S3/c1-4-13-16-7-10-8(17-14-5-2)12-9(11-7)18-15-6-3/h4-6H2,1-3H3. The van der Waals surface area contributed by atoms with Gasteiger partial charge in [-0.25, -0.2) is 0 Å². The SMILES string of the molecule is CCOSc1nc(SOCC)nc(SOCC)n1. The topological polar surface area (TPSA) is 66.4 Å². The molecule has 0 bridgehead atoms. The fourth-order valence-corrected chi connectivity index (χ4v) is 2.35. The summed E-state index contributed by atoms with van der Waals surface area (Å²) in [6.07, 6.45) is 0. The summed E-state index contributed by atoms with van der Waals surface area (Å²) in [7, 11) is 0. The molecule has 0 N–H and O–H groups in total. The summed E-state index contributed by atoms with van der Waals surface area (Å²) in [4.78, 5) is 12.6. The molecule has 0 radical (unpaired) electrons. The van der Waals surface area contributed by atoms with E-state index in [1.54, 1.807) is 0 Å². The van der Waals surface area contributed by atoms with Gasteiger partial charge in [0.2, 0.25) is 15.5 Å². The van der Waals surface area contributed by atoms with E-state index in [1.807, 2.05) is 20.8 Å². The Balaban J connectivity index is 2.74. The summed E-state index contributed by atoms with van der Waals surface area (Å²) < 4.78 is 15.6. The lowest BCUT2D eigenvalue weighted by atomic mass is 10.9. The van der Waals surface area contributed by atoms with Crippen LogP contribution in [0.5, 0.6) is 0 Å². The molecule has 1 aromatic heterocycles. The van der Waals surface area contributed by atoms with E-state index in [9.17, 15) is 0 Å². The van der Waals surface area contributed by atoms with Crippen LogP contribution in [0.25, 0.3) is 0 Å². The smallest absolute Gasteiger partial charge is 0.220 e. The van der Waals surface area contributed by atoms with E-state index >= 15 is 0 Å². The van der Waals surface area contributed by atoms with Crippen LogP contribution in [-0.2, 0) is 12.5 Å². The lowest BCUT2D eigenvalue weighted by Crippen LogP contribution is -1.98.